The molecular formula is C8H9BrFN. The molecule has 0 amide bonds. The highest BCUT2D eigenvalue weighted by molar-refractivity contribution is 9.10. The van der Waals surface area contributed by atoms with Crippen molar-refractivity contribution in [3.05, 3.63) is 34.3 Å². The molecule has 0 aliphatic carbocycles. The highest BCUT2D eigenvalue weighted by Gasteiger charge is 2.03. The van der Waals surface area contributed by atoms with Crippen molar-refractivity contribution in [2.45, 2.75) is 6.04 Å². The molecule has 0 fully saturated rings. The Labute approximate surface area is 73.5 Å². The van der Waals surface area contributed by atoms with Gasteiger partial charge in [0.15, 0.2) is 0 Å². The van der Waals surface area contributed by atoms with Gasteiger partial charge in [-0.1, -0.05) is 28.1 Å². The molecule has 0 heterocycles. The predicted molar refractivity (Wildman–Crippen MR) is 47.0 cm³/mol. The Kier molecular flexibility index (Phi) is 3.02. The van der Waals surface area contributed by atoms with Crippen molar-refractivity contribution in [2.75, 3.05) is 6.67 Å². The van der Waals surface area contributed by atoms with Crippen LogP contribution in [-0.2, 0) is 0 Å². The third-order valence-corrected chi connectivity index (χ3v) is 1.94. The Balaban J connectivity index is 2.86. The van der Waals surface area contributed by atoms with E-state index in [0.717, 1.165) is 10.0 Å². The zero-order valence-corrected chi connectivity index (χ0v) is 7.51. The molecule has 0 unspecified atom stereocenters. The summed E-state index contributed by atoms with van der Waals surface area (Å²) in [4.78, 5) is 0. The van der Waals surface area contributed by atoms with E-state index in [1.54, 1.807) is 0 Å². The topological polar surface area (TPSA) is 26.0 Å². The van der Waals surface area contributed by atoms with E-state index in [4.69, 9.17) is 5.73 Å². The van der Waals surface area contributed by atoms with Gasteiger partial charge in [0.2, 0.25) is 0 Å². The van der Waals surface area contributed by atoms with Gasteiger partial charge in [-0.25, -0.2) is 4.39 Å². The maximum atomic E-state index is 12.1. The van der Waals surface area contributed by atoms with Crippen LogP contribution in [0.15, 0.2) is 28.7 Å². The Bertz CT molecular complexity index is 239. The molecule has 1 atom stereocenters. The molecule has 1 nitrogen and oxygen atoms in total. The van der Waals surface area contributed by atoms with Crippen molar-refractivity contribution in [3.8, 4) is 0 Å². The average molecular weight is 218 g/mol. The van der Waals surface area contributed by atoms with Gasteiger partial charge >= 0.3 is 0 Å². The van der Waals surface area contributed by atoms with Crippen molar-refractivity contribution in [1.82, 2.24) is 0 Å². The van der Waals surface area contributed by atoms with Crippen LogP contribution in [0.1, 0.15) is 11.6 Å². The monoisotopic (exact) mass is 217 g/mol. The summed E-state index contributed by atoms with van der Waals surface area (Å²) >= 11 is 3.28. The summed E-state index contributed by atoms with van der Waals surface area (Å²) in [6, 6.07) is 6.87. The Hall–Kier alpha value is -0.410. The average Bonchev–Trinajstić information content (AvgIpc) is 2.03. The molecule has 0 spiro atoms. The molecule has 0 aliphatic heterocycles. The molecule has 0 aliphatic rings. The Morgan fingerprint density at radius 3 is 2.82 bits per heavy atom. The number of alkyl halides is 1. The summed E-state index contributed by atoms with van der Waals surface area (Å²) < 4.78 is 13.0. The second-order valence-electron chi connectivity index (χ2n) is 2.32. The minimum Gasteiger partial charge on any atom is -0.322 e. The van der Waals surface area contributed by atoms with Gasteiger partial charge in [-0.15, -0.1) is 0 Å². The van der Waals surface area contributed by atoms with E-state index in [-0.39, 0.29) is 0 Å². The van der Waals surface area contributed by atoms with Gasteiger partial charge < -0.3 is 5.73 Å². The lowest BCUT2D eigenvalue weighted by Gasteiger charge is -2.06. The van der Waals surface area contributed by atoms with Crippen LogP contribution in [0.2, 0.25) is 0 Å². The fraction of sp³-hybridized carbons (Fsp3) is 0.250. The van der Waals surface area contributed by atoms with Crippen LogP contribution in [0.4, 0.5) is 4.39 Å². The molecule has 11 heavy (non-hydrogen) atoms. The van der Waals surface area contributed by atoms with Gasteiger partial charge in [-0.05, 0) is 17.7 Å². The summed E-state index contributed by atoms with van der Waals surface area (Å²) in [6.07, 6.45) is 0. The van der Waals surface area contributed by atoms with Crippen molar-refractivity contribution in [3.63, 3.8) is 0 Å². The summed E-state index contributed by atoms with van der Waals surface area (Å²) in [5.41, 5.74) is 6.29. The van der Waals surface area contributed by atoms with Crippen molar-refractivity contribution < 1.29 is 4.39 Å². The minimum absolute atomic E-state index is 0.493. The van der Waals surface area contributed by atoms with Gasteiger partial charge in [0.05, 0.1) is 6.04 Å². The van der Waals surface area contributed by atoms with Gasteiger partial charge in [0.25, 0.3) is 0 Å². The molecule has 1 rings (SSSR count). The summed E-state index contributed by atoms with van der Waals surface area (Å²) in [5, 5.41) is 0. The van der Waals surface area contributed by atoms with Crippen LogP contribution >= 0.6 is 15.9 Å². The van der Waals surface area contributed by atoms with Gasteiger partial charge in [-0.3, -0.25) is 0 Å². The number of hydrogen-bond acceptors (Lipinski definition) is 1. The first-order chi connectivity index (χ1) is 5.24. The number of hydrogen-bond donors (Lipinski definition) is 1. The summed E-state index contributed by atoms with van der Waals surface area (Å²) in [6.45, 7) is -0.517. The standard InChI is InChI=1S/C8H9BrFN/c9-7-3-1-2-6(4-7)8(11)5-10/h1-4,8H,5,11H2/t8-/m1/s1. The lowest BCUT2D eigenvalue weighted by Crippen LogP contribution is -2.11. The largest absolute Gasteiger partial charge is 0.322 e. The number of halogens is 2. The molecule has 2 N–H and O–H groups in total. The first kappa shape index (κ1) is 8.68. The van der Waals surface area contributed by atoms with Gasteiger partial charge in [0, 0.05) is 4.47 Å². The van der Waals surface area contributed by atoms with Crippen LogP contribution < -0.4 is 5.73 Å². The minimum atomic E-state index is -0.517. The molecule has 3 heteroatoms. The summed E-state index contributed by atoms with van der Waals surface area (Å²) in [5.74, 6) is 0. The molecule has 1 aromatic carbocycles. The molecule has 1 aromatic rings. The van der Waals surface area contributed by atoms with Crippen LogP contribution in [0.5, 0.6) is 0 Å². The smallest absolute Gasteiger partial charge is 0.109 e. The fourth-order valence-electron chi connectivity index (χ4n) is 0.826. The van der Waals surface area contributed by atoms with E-state index in [9.17, 15) is 4.39 Å². The molecular weight excluding hydrogens is 209 g/mol. The first-order valence-corrected chi connectivity index (χ1v) is 4.10. The van der Waals surface area contributed by atoms with E-state index in [1.165, 1.54) is 0 Å². The molecule has 0 saturated carbocycles. The fourth-order valence-corrected chi connectivity index (χ4v) is 1.24. The normalized spacial score (nSPS) is 13.0. The number of benzene rings is 1. The maximum absolute atomic E-state index is 12.1. The SMILES string of the molecule is N[C@H](CF)c1cccc(Br)c1. The van der Waals surface area contributed by atoms with E-state index >= 15 is 0 Å². The van der Waals surface area contributed by atoms with E-state index in [1.807, 2.05) is 24.3 Å². The zero-order valence-electron chi connectivity index (χ0n) is 5.93. The van der Waals surface area contributed by atoms with Crippen molar-refractivity contribution in [2.24, 2.45) is 5.73 Å². The second kappa shape index (κ2) is 3.83. The van der Waals surface area contributed by atoms with Crippen molar-refractivity contribution in [1.29, 1.82) is 0 Å². The van der Waals surface area contributed by atoms with E-state index < -0.39 is 12.7 Å². The number of rotatable bonds is 2. The van der Waals surface area contributed by atoms with Gasteiger partial charge in [0.1, 0.15) is 6.67 Å². The Morgan fingerprint density at radius 2 is 2.27 bits per heavy atom. The number of nitrogens with two attached hydrogens (primary N) is 1. The lowest BCUT2D eigenvalue weighted by molar-refractivity contribution is 0.437. The molecule has 0 saturated heterocycles. The Morgan fingerprint density at radius 1 is 1.55 bits per heavy atom. The maximum Gasteiger partial charge on any atom is 0.109 e. The zero-order chi connectivity index (χ0) is 8.27. The predicted octanol–water partition coefficient (Wildman–Crippen LogP) is 2.42. The second-order valence-corrected chi connectivity index (χ2v) is 3.23. The molecule has 0 radical (unpaired) electrons. The van der Waals surface area contributed by atoms with Crippen LogP contribution in [0, 0.1) is 0 Å². The molecule has 0 aromatic heterocycles. The van der Waals surface area contributed by atoms with E-state index in [2.05, 4.69) is 15.9 Å². The summed E-state index contributed by atoms with van der Waals surface area (Å²) in [7, 11) is 0. The highest BCUT2D eigenvalue weighted by atomic mass is 79.9. The highest BCUT2D eigenvalue weighted by Crippen LogP contribution is 2.16. The van der Waals surface area contributed by atoms with Crippen LogP contribution in [0.25, 0.3) is 0 Å². The first-order valence-electron chi connectivity index (χ1n) is 3.31. The third kappa shape index (κ3) is 2.27. The van der Waals surface area contributed by atoms with Gasteiger partial charge in [-0.2, -0.15) is 0 Å². The van der Waals surface area contributed by atoms with E-state index in [0.29, 0.717) is 0 Å². The molecule has 0 bridgehead atoms. The quantitative estimate of drug-likeness (QED) is 0.810. The van der Waals surface area contributed by atoms with Crippen LogP contribution in [0.3, 0.4) is 0 Å². The lowest BCUT2D eigenvalue weighted by atomic mass is 10.1. The van der Waals surface area contributed by atoms with Crippen molar-refractivity contribution >= 4 is 15.9 Å². The third-order valence-electron chi connectivity index (χ3n) is 1.44. The molecule has 60 valence electrons. The van der Waals surface area contributed by atoms with Crippen LogP contribution in [-0.4, -0.2) is 6.67 Å².